The van der Waals surface area contributed by atoms with Gasteiger partial charge in [-0.05, 0) is 6.42 Å². The van der Waals surface area contributed by atoms with E-state index in [1.807, 2.05) is 4.90 Å². The second-order valence-electron chi connectivity index (χ2n) is 8.30. The number of rotatable bonds is 21. The summed E-state index contributed by atoms with van der Waals surface area (Å²) >= 11 is 6.67. The van der Waals surface area contributed by atoms with Crippen molar-refractivity contribution in [1.29, 1.82) is 10.5 Å². The van der Waals surface area contributed by atoms with Crippen LogP contribution in [0, 0.1) is 22.7 Å². The summed E-state index contributed by atoms with van der Waals surface area (Å²) in [6.45, 7) is 4.00. The van der Waals surface area contributed by atoms with Gasteiger partial charge in [0.25, 0.3) is 0 Å². The highest BCUT2D eigenvalue weighted by Crippen LogP contribution is 2.13. The molecule has 0 saturated heterocycles. The SMILES string of the molecule is CCCCCCCCCCCCCCCCNC(=O)CSC(=S)N(CCC#N)CCC#N. The number of nitrogens with one attached hydrogen (secondary N) is 1. The summed E-state index contributed by atoms with van der Waals surface area (Å²) in [5, 5.41) is 20.5. The predicted molar refractivity (Wildman–Crippen MR) is 140 cm³/mol. The summed E-state index contributed by atoms with van der Waals surface area (Å²) in [7, 11) is 0. The summed E-state index contributed by atoms with van der Waals surface area (Å²) in [6, 6.07) is 4.19. The number of amides is 1. The minimum absolute atomic E-state index is 0.00689. The lowest BCUT2D eigenvalue weighted by atomic mass is 10.0. The third-order valence-electron chi connectivity index (χ3n) is 5.42. The molecule has 0 saturated carbocycles. The normalized spacial score (nSPS) is 10.3. The van der Waals surface area contributed by atoms with Crippen LogP contribution < -0.4 is 5.32 Å². The van der Waals surface area contributed by atoms with Gasteiger partial charge in [0.2, 0.25) is 5.91 Å². The highest BCUT2D eigenvalue weighted by molar-refractivity contribution is 8.23. The Morgan fingerprint density at radius 2 is 1.25 bits per heavy atom. The fraction of sp³-hybridized carbons (Fsp3) is 0.840. The maximum absolute atomic E-state index is 12.0. The zero-order valence-electron chi connectivity index (χ0n) is 20.2. The van der Waals surface area contributed by atoms with Crippen LogP contribution in [0.25, 0.3) is 0 Å². The molecule has 0 radical (unpaired) electrons. The quantitative estimate of drug-likeness (QED) is 0.145. The standard InChI is InChI=1S/C25H44N4OS2/c1-2-3-4-5-6-7-8-9-10-11-12-13-14-15-20-28-24(30)23-32-25(31)29(21-16-18-26)22-17-19-27/h2-17,20-23H2,1H3,(H,28,30). The maximum Gasteiger partial charge on any atom is 0.230 e. The molecule has 0 rings (SSSR count). The first-order valence-corrected chi connectivity index (χ1v) is 14.0. The molecular weight excluding hydrogens is 436 g/mol. The lowest BCUT2D eigenvalue weighted by Crippen LogP contribution is -2.32. The molecule has 0 spiro atoms. The zero-order valence-corrected chi connectivity index (χ0v) is 21.8. The largest absolute Gasteiger partial charge is 0.355 e. The van der Waals surface area contributed by atoms with Crippen molar-refractivity contribution in [3.63, 3.8) is 0 Å². The van der Waals surface area contributed by atoms with Crippen LogP contribution in [0.5, 0.6) is 0 Å². The third-order valence-corrected chi connectivity index (χ3v) is 6.95. The van der Waals surface area contributed by atoms with E-state index in [4.69, 9.17) is 22.7 Å². The Morgan fingerprint density at radius 1 is 0.812 bits per heavy atom. The third kappa shape index (κ3) is 20.6. The number of thiocarbonyl (C=S) groups is 1. The van der Waals surface area contributed by atoms with E-state index in [0.717, 1.165) is 13.0 Å². The van der Waals surface area contributed by atoms with Gasteiger partial charge in [-0.25, -0.2) is 0 Å². The van der Waals surface area contributed by atoms with Crippen molar-refractivity contribution in [2.45, 2.75) is 110 Å². The summed E-state index contributed by atoms with van der Waals surface area (Å²) in [6.07, 6.45) is 19.3. The average molecular weight is 481 g/mol. The van der Waals surface area contributed by atoms with E-state index in [2.05, 4.69) is 24.4 Å². The highest BCUT2D eigenvalue weighted by Gasteiger charge is 2.12. The number of unbranched alkanes of at least 4 members (excludes halogenated alkanes) is 13. The molecule has 1 amide bonds. The van der Waals surface area contributed by atoms with E-state index in [1.165, 1.54) is 95.2 Å². The second kappa shape index (κ2) is 24.3. The topological polar surface area (TPSA) is 79.9 Å². The van der Waals surface area contributed by atoms with Crippen molar-refractivity contribution in [1.82, 2.24) is 10.2 Å². The number of hydrogen-bond acceptors (Lipinski definition) is 5. The van der Waals surface area contributed by atoms with E-state index in [9.17, 15) is 4.79 Å². The number of hydrogen-bond donors (Lipinski definition) is 1. The lowest BCUT2D eigenvalue weighted by Gasteiger charge is -2.22. The Morgan fingerprint density at radius 3 is 1.69 bits per heavy atom. The van der Waals surface area contributed by atoms with E-state index < -0.39 is 0 Å². The van der Waals surface area contributed by atoms with Crippen LogP contribution in [0.2, 0.25) is 0 Å². The number of thioether (sulfide) groups is 1. The van der Waals surface area contributed by atoms with Gasteiger partial charge >= 0.3 is 0 Å². The molecular formula is C25H44N4OS2. The van der Waals surface area contributed by atoms with Crippen LogP contribution in [0.3, 0.4) is 0 Å². The minimum atomic E-state index is -0.00689. The Labute approximate surface area is 206 Å². The van der Waals surface area contributed by atoms with Gasteiger partial charge in [0.05, 0.1) is 30.7 Å². The number of nitrogens with zero attached hydrogens (tertiary/aromatic N) is 3. The number of nitriles is 2. The fourth-order valence-electron chi connectivity index (χ4n) is 3.48. The van der Waals surface area contributed by atoms with Crippen LogP contribution in [-0.2, 0) is 4.79 Å². The van der Waals surface area contributed by atoms with Crippen molar-refractivity contribution in [2.75, 3.05) is 25.4 Å². The van der Waals surface area contributed by atoms with Crippen LogP contribution in [-0.4, -0.2) is 40.5 Å². The van der Waals surface area contributed by atoms with Crippen LogP contribution in [0.4, 0.5) is 0 Å². The van der Waals surface area contributed by atoms with E-state index in [-0.39, 0.29) is 11.7 Å². The van der Waals surface area contributed by atoms with Gasteiger partial charge in [-0.3, -0.25) is 4.79 Å². The maximum atomic E-state index is 12.0. The summed E-state index contributed by atoms with van der Waals surface area (Å²) in [5.74, 6) is 0.278. The average Bonchev–Trinajstić information content (AvgIpc) is 2.80. The van der Waals surface area contributed by atoms with Crippen LogP contribution >= 0.6 is 24.0 Å². The Balaban J connectivity index is 3.55. The van der Waals surface area contributed by atoms with Gasteiger partial charge in [-0.1, -0.05) is 114 Å². The van der Waals surface area contributed by atoms with E-state index in [0.29, 0.717) is 30.3 Å². The Kier molecular flexibility index (Phi) is 23.3. The molecule has 0 bridgehead atoms. The predicted octanol–water partition coefficient (Wildman–Crippen LogP) is 6.73. The van der Waals surface area contributed by atoms with Crippen molar-refractivity contribution < 1.29 is 4.79 Å². The van der Waals surface area contributed by atoms with Gasteiger partial charge in [-0.2, -0.15) is 10.5 Å². The van der Waals surface area contributed by atoms with Crippen molar-refractivity contribution in [3.05, 3.63) is 0 Å². The Hall–Kier alpha value is -1.31. The van der Waals surface area contributed by atoms with Gasteiger partial charge < -0.3 is 10.2 Å². The molecule has 0 unspecified atom stereocenters. The van der Waals surface area contributed by atoms with Gasteiger partial charge in [0.1, 0.15) is 4.32 Å². The molecule has 0 aromatic carbocycles. The second-order valence-corrected chi connectivity index (χ2v) is 9.91. The Bertz CT molecular complexity index is 539. The molecule has 0 fully saturated rings. The summed E-state index contributed by atoms with van der Waals surface area (Å²) in [5.41, 5.74) is 0. The molecule has 7 heteroatoms. The number of carbonyl (C=O) groups excluding carboxylic acids is 1. The molecule has 0 aliphatic carbocycles. The molecule has 5 nitrogen and oxygen atoms in total. The summed E-state index contributed by atoms with van der Waals surface area (Å²) in [4.78, 5) is 13.9. The fourth-order valence-corrected chi connectivity index (χ4v) is 4.56. The first kappa shape index (κ1) is 30.7. The first-order valence-electron chi connectivity index (χ1n) is 12.6. The zero-order chi connectivity index (χ0) is 23.7. The van der Waals surface area contributed by atoms with Crippen molar-refractivity contribution in [3.8, 4) is 12.1 Å². The lowest BCUT2D eigenvalue weighted by molar-refractivity contribution is -0.118. The summed E-state index contributed by atoms with van der Waals surface area (Å²) < 4.78 is 0.585. The van der Waals surface area contributed by atoms with Crippen molar-refractivity contribution in [2.24, 2.45) is 0 Å². The van der Waals surface area contributed by atoms with Crippen molar-refractivity contribution >= 4 is 34.2 Å². The number of carbonyl (C=O) groups is 1. The van der Waals surface area contributed by atoms with E-state index >= 15 is 0 Å². The van der Waals surface area contributed by atoms with Gasteiger partial charge in [0, 0.05) is 19.6 Å². The molecule has 0 aromatic rings. The highest BCUT2D eigenvalue weighted by atomic mass is 32.2. The first-order chi connectivity index (χ1) is 15.7. The molecule has 0 aliphatic rings. The monoisotopic (exact) mass is 480 g/mol. The molecule has 0 heterocycles. The van der Waals surface area contributed by atoms with E-state index in [1.54, 1.807) is 0 Å². The van der Waals surface area contributed by atoms with Gasteiger partial charge in [-0.15, -0.1) is 0 Å². The molecule has 1 N–H and O–H groups in total. The van der Waals surface area contributed by atoms with Crippen LogP contribution in [0.1, 0.15) is 110 Å². The molecule has 0 aromatic heterocycles. The van der Waals surface area contributed by atoms with Gasteiger partial charge in [0.15, 0.2) is 0 Å². The molecule has 0 atom stereocenters. The molecule has 32 heavy (non-hydrogen) atoms. The minimum Gasteiger partial charge on any atom is -0.355 e. The van der Waals surface area contributed by atoms with Crippen LogP contribution in [0.15, 0.2) is 0 Å². The molecule has 182 valence electrons. The molecule has 0 aliphatic heterocycles. The smallest absolute Gasteiger partial charge is 0.230 e.